The summed E-state index contributed by atoms with van der Waals surface area (Å²) in [6, 6.07) is 7.81. The molecular weight excluding hydrogens is 315 g/mol. The zero-order valence-corrected chi connectivity index (χ0v) is 15.7. The van der Waals surface area contributed by atoms with Crippen LogP contribution < -0.4 is 0 Å². The first-order valence-corrected chi connectivity index (χ1v) is 10.3. The van der Waals surface area contributed by atoms with Crippen LogP contribution in [0.4, 0.5) is 0 Å². The molecule has 126 valence electrons. The molecule has 0 aromatic heterocycles. The summed E-state index contributed by atoms with van der Waals surface area (Å²) in [4.78, 5) is 0.850. The molecule has 0 bridgehead atoms. The van der Waals surface area contributed by atoms with E-state index in [2.05, 4.69) is 19.6 Å². The van der Waals surface area contributed by atoms with Crippen molar-refractivity contribution in [1.82, 2.24) is 0 Å². The monoisotopic (exact) mass is 344 g/mol. The van der Waals surface area contributed by atoms with E-state index in [1.165, 1.54) is 12.8 Å². The second kappa shape index (κ2) is 10.5. The minimum absolute atomic E-state index is 0.238. The molecule has 0 heterocycles. The average molecular weight is 344 g/mol. The van der Waals surface area contributed by atoms with E-state index >= 15 is 0 Å². The lowest BCUT2D eigenvalue weighted by Gasteiger charge is -2.27. The van der Waals surface area contributed by atoms with Gasteiger partial charge in [-0.15, -0.1) is 12.6 Å². The smallest absolute Gasteiger partial charge is 0.308 e. The Bertz CT molecular complexity index is 469. The maximum Gasteiger partial charge on any atom is 0.338 e. The van der Waals surface area contributed by atoms with E-state index in [1.807, 2.05) is 38.1 Å². The number of benzene rings is 1. The summed E-state index contributed by atoms with van der Waals surface area (Å²) >= 11 is 4.54. The van der Waals surface area contributed by atoms with Gasteiger partial charge >= 0.3 is 7.60 Å². The van der Waals surface area contributed by atoms with Gasteiger partial charge in [-0.25, -0.2) is 0 Å². The molecule has 1 aromatic carbocycles. The van der Waals surface area contributed by atoms with Gasteiger partial charge in [-0.2, -0.15) is 0 Å². The topological polar surface area (TPSA) is 35.5 Å². The van der Waals surface area contributed by atoms with E-state index in [9.17, 15) is 4.57 Å². The normalized spacial score (nSPS) is 13.3. The maximum atomic E-state index is 13.3. The van der Waals surface area contributed by atoms with Gasteiger partial charge in [0, 0.05) is 4.90 Å². The Labute approximate surface area is 140 Å². The summed E-state index contributed by atoms with van der Waals surface area (Å²) in [5.74, 6) is 0. The van der Waals surface area contributed by atoms with E-state index < -0.39 is 7.60 Å². The summed E-state index contributed by atoms with van der Waals surface area (Å²) in [7, 11) is -3.18. The Hall–Kier alpha value is -0.280. The first-order chi connectivity index (χ1) is 10.6. The van der Waals surface area contributed by atoms with E-state index in [-0.39, 0.29) is 5.66 Å². The molecule has 0 fully saturated rings. The first-order valence-electron chi connectivity index (χ1n) is 8.25. The van der Waals surface area contributed by atoms with Crippen molar-refractivity contribution in [2.24, 2.45) is 0 Å². The molecule has 0 N–H and O–H groups in total. The van der Waals surface area contributed by atoms with Crippen LogP contribution in [0.1, 0.15) is 64.1 Å². The number of hydrogen-bond acceptors (Lipinski definition) is 4. The molecule has 0 saturated heterocycles. The molecule has 1 unspecified atom stereocenters. The second-order valence-electron chi connectivity index (χ2n) is 5.30. The van der Waals surface area contributed by atoms with Crippen molar-refractivity contribution in [3.63, 3.8) is 0 Å². The van der Waals surface area contributed by atoms with Crippen molar-refractivity contribution in [1.29, 1.82) is 0 Å². The van der Waals surface area contributed by atoms with Gasteiger partial charge in [-0.3, -0.25) is 4.57 Å². The molecule has 0 saturated carbocycles. The number of rotatable bonds is 11. The Morgan fingerprint density at radius 3 is 2.23 bits per heavy atom. The second-order valence-corrected chi connectivity index (χ2v) is 8.00. The van der Waals surface area contributed by atoms with Crippen molar-refractivity contribution in [2.45, 2.75) is 63.4 Å². The van der Waals surface area contributed by atoms with Crippen molar-refractivity contribution in [3.8, 4) is 0 Å². The fourth-order valence-corrected chi connectivity index (χ4v) is 5.23. The van der Waals surface area contributed by atoms with Gasteiger partial charge in [-0.05, 0) is 31.9 Å². The fraction of sp³-hybridized carbons (Fsp3) is 0.647. The standard InChI is InChI=1S/C17H29O3PS/c1-4-7-8-9-13-16(15-12-10-11-14-17(15)22)21(18,19-5-2)20-6-3/h10-12,14,16,22H,4-9,13H2,1-3H3. The van der Waals surface area contributed by atoms with Gasteiger partial charge in [-0.1, -0.05) is 50.8 Å². The Morgan fingerprint density at radius 1 is 1.05 bits per heavy atom. The van der Waals surface area contributed by atoms with E-state index in [0.29, 0.717) is 13.2 Å². The number of hydrogen-bond donors (Lipinski definition) is 1. The highest BCUT2D eigenvalue weighted by atomic mass is 32.1. The molecule has 0 aliphatic heterocycles. The van der Waals surface area contributed by atoms with Gasteiger partial charge in [0.05, 0.1) is 18.9 Å². The molecule has 0 amide bonds. The number of unbranched alkanes of at least 4 members (excludes halogenated alkanes) is 3. The van der Waals surface area contributed by atoms with Crippen LogP contribution in [-0.2, 0) is 13.6 Å². The molecule has 1 rings (SSSR count). The highest BCUT2D eigenvalue weighted by Crippen LogP contribution is 2.63. The Balaban J connectivity index is 3.03. The first kappa shape index (κ1) is 19.8. The predicted molar refractivity (Wildman–Crippen MR) is 96.1 cm³/mol. The summed E-state index contributed by atoms with van der Waals surface area (Å²) in [5, 5.41) is 0. The van der Waals surface area contributed by atoms with Gasteiger partial charge in [0.2, 0.25) is 0 Å². The molecule has 3 nitrogen and oxygen atoms in total. The van der Waals surface area contributed by atoms with Crippen LogP contribution in [0, 0.1) is 0 Å². The highest BCUT2D eigenvalue weighted by molar-refractivity contribution is 7.80. The third kappa shape index (κ3) is 5.73. The van der Waals surface area contributed by atoms with Crippen LogP contribution in [0.2, 0.25) is 0 Å². The number of thiol groups is 1. The summed E-state index contributed by atoms with van der Waals surface area (Å²) in [6.45, 7) is 6.67. The van der Waals surface area contributed by atoms with Crippen molar-refractivity contribution < 1.29 is 13.6 Å². The summed E-state index contributed by atoms with van der Waals surface area (Å²) in [5.41, 5.74) is 0.727. The summed E-state index contributed by atoms with van der Waals surface area (Å²) < 4.78 is 24.4. The van der Waals surface area contributed by atoms with Gasteiger partial charge in [0.15, 0.2) is 0 Å². The van der Waals surface area contributed by atoms with Crippen LogP contribution in [0.15, 0.2) is 29.2 Å². The minimum Gasteiger partial charge on any atom is -0.308 e. The van der Waals surface area contributed by atoms with E-state index in [1.54, 1.807) is 0 Å². The van der Waals surface area contributed by atoms with Crippen LogP contribution in [-0.4, -0.2) is 13.2 Å². The van der Waals surface area contributed by atoms with Crippen LogP contribution >= 0.6 is 20.2 Å². The largest absolute Gasteiger partial charge is 0.338 e. The third-order valence-corrected chi connectivity index (χ3v) is 6.57. The fourth-order valence-electron chi connectivity index (χ4n) is 2.59. The molecular formula is C17H29O3PS. The molecule has 5 heteroatoms. The van der Waals surface area contributed by atoms with E-state index in [4.69, 9.17) is 9.05 Å². The lowest BCUT2D eigenvalue weighted by atomic mass is 10.0. The Morgan fingerprint density at radius 2 is 1.68 bits per heavy atom. The lowest BCUT2D eigenvalue weighted by Crippen LogP contribution is -2.08. The van der Waals surface area contributed by atoms with Crippen molar-refractivity contribution >= 4 is 20.2 Å². The SMILES string of the molecule is CCCCCCC(c1ccccc1S)P(=O)(OCC)OCC. The predicted octanol–water partition coefficient (Wildman–Crippen LogP) is 6.25. The molecule has 0 radical (unpaired) electrons. The summed E-state index contributed by atoms with van der Waals surface area (Å²) in [6.07, 6.45) is 5.34. The van der Waals surface area contributed by atoms with Crippen LogP contribution in [0.5, 0.6) is 0 Å². The van der Waals surface area contributed by atoms with Gasteiger partial charge in [0.1, 0.15) is 0 Å². The molecule has 1 atom stereocenters. The quantitative estimate of drug-likeness (QED) is 0.293. The highest BCUT2D eigenvalue weighted by Gasteiger charge is 2.37. The lowest BCUT2D eigenvalue weighted by molar-refractivity contribution is 0.210. The molecule has 0 aliphatic rings. The Kier molecular flexibility index (Phi) is 9.42. The van der Waals surface area contributed by atoms with Crippen molar-refractivity contribution in [2.75, 3.05) is 13.2 Å². The minimum atomic E-state index is -3.18. The third-order valence-electron chi connectivity index (χ3n) is 3.63. The molecule has 0 spiro atoms. The van der Waals surface area contributed by atoms with Gasteiger partial charge in [0.25, 0.3) is 0 Å². The van der Waals surface area contributed by atoms with Gasteiger partial charge < -0.3 is 9.05 Å². The van der Waals surface area contributed by atoms with Crippen molar-refractivity contribution in [3.05, 3.63) is 29.8 Å². The van der Waals surface area contributed by atoms with Crippen LogP contribution in [0.3, 0.4) is 0 Å². The average Bonchev–Trinajstić information content (AvgIpc) is 2.49. The van der Waals surface area contributed by atoms with Crippen LogP contribution in [0.25, 0.3) is 0 Å². The van der Waals surface area contributed by atoms with E-state index in [0.717, 1.165) is 29.7 Å². The molecule has 22 heavy (non-hydrogen) atoms. The molecule has 0 aliphatic carbocycles. The maximum absolute atomic E-state index is 13.3. The molecule has 1 aromatic rings. The zero-order chi connectivity index (χ0) is 16.4. The zero-order valence-electron chi connectivity index (χ0n) is 14.0.